The summed E-state index contributed by atoms with van der Waals surface area (Å²) in [5.74, 6) is -0.859. The first kappa shape index (κ1) is 21.4. The monoisotopic (exact) mass is 402 g/mol. The van der Waals surface area contributed by atoms with Gasteiger partial charge in [0.25, 0.3) is 5.91 Å². The highest BCUT2D eigenvalue weighted by atomic mass is 19.1. The molecule has 1 aliphatic heterocycles. The zero-order valence-electron chi connectivity index (χ0n) is 17.5. The number of carbonyl (C=O) groups is 1. The summed E-state index contributed by atoms with van der Waals surface area (Å²) >= 11 is 0. The summed E-state index contributed by atoms with van der Waals surface area (Å²) in [5, 5.41) is 0. The summed E-state index contributed by atoms with van der Waals surface area (Å²) in [7, 11) is 1.54. The number of ether oxygens (including phenoxy) is 1. The topological polar surface area (TPSA) is 42.4 Å². The van der Waals surface area contributed by atoms with Crippen LogP contribution in [0.2, 0.25) is 0 Å². The third-order valence-corrected chi connectivity index (χ3v) is 5.70. The van der Waals surface area contributed by atoms with E-state index in [0.717, 1.165) is 29.8 Å². The van der Waals surface area contributed by atoms with E-state index < -0.39 is 17.2 Å². The van der Waals surface area contributed by atoms with Crippen LogP contribution in [0.4, 0.5) is 8.78 Å². The van der Waals surface area contributed by atoms with Crippen molar-refractivity contribution in [2.75, 3.05) is 20.2 Å². The van der Waals surface area contributed by atoms with Crippen molar-refractivity contribution in [2.24, 2.45) is 0 Å². The van der Waals surface area contributed by atoms with E-state index in [0.29, 0.717) is 13.1 Å². The molecular weight excluding hydrogens is 374 g/mol. The number of aromatic nitrogens is 1. The number of likely N-dealkylation sites (tertiary alicyclic amines) is 1. The van der Waals surface area contributed by atoms with E-state index in [-0.39, 0.29) is 23.8 Å². The smallest absolute Gasteiger partial charge is 0.254 e. The van der Waals surface area contributed by atoms with Gasteiger partial charge >= 0.3 is 0 Å². The Morgan fingerprint density at radius 3 is 2.41 bits per heavy atom. The molecule has 0 radical (unpaired) electrons. The minimum Gasteiger partial charge on any atom is -0.369 e. The molecule has 0 spiro atoms. The lowest BCUT2D eigenvalue weighted by Gasteiger charge is -2.36. The molecule has 1 saturated heterocycles. The van der Waals surface area contributed by atoms with Gasteiger partial charge in [0.15, 0.2) is 0 Å². The molecule has 29 heavy (non-hydrogen) atoms. The van der Waals surface area contributed by atoms with E-state index in [4.69, 9.17) is 4.74 Å². The van der Waals surface area contributed by atoms with Gasteiger partial charge in [0, 0.05) is 49.5 Å². The molecule has 0 saturated carbocycles. The molecule has 4 nitrogen and oxygen atoms in total. The van der Waals surface area contributed by atoms with Crippen molar-refractivity contribution in [1.82, 2.24) is 9.88 Å². The molecule has 156 valence electrons. The van der Waals surface area contributed by atoms with E-state index in [2.05, 4.69) is 4.98 Å². The van der Waals surface area contributed by atoms with Gasteiger partial charge in [0.2, 0.25) is 0 Å². The first-order chi connectivity index (χ1) is 13.7. The number of pyridine rings is 1. The van der Waals surface area contributed by atoms with Crippen molar-refractivity contribution in [3.8, 4) is 0 Å². The molecule has 0 unspecified atom stereocenters. The van der Waals surface area contributed by atoms with Gasteiger partial charge in [-0.15, -0.1) is 0 Å². The molecular formula is C23H28F2N2O2. The van der Waals surface area contributed by atoms with Crippen LogP contribution in [0.1, 0.15) is 55.1 Å². The quantitative estimate of drug-likeness (QED) is 0.745. The Bertz CT molecular complexity index is 870. The molecule has 2 aromatic rings. The molecule has 1 aromatic heterocycles. The number of methoxy groups -OCH3 is 1. The molecule has 1 amide bonds. The fourth-order valence-electron chi connectivity index (χ4n) is 3.83. The Labute approximate surface area is 170 Å². The van der Waals surface area contributed by atoms with Crippen LogP contribution in [0.25, 0.3) is 0 Å². The van der Waals surface area contributed by atoms with Crippen molar-refractivity contribution in [3.63, 3.8) is 0 Å². The Morgan fingerprint density at radius 1 is 1.21 bits per heavy atom. The first-order valence-electron chi connectivity index (χ1n) is 9.96. The van der Waals surface area contributed by atoms with Crippen LogP contribution < -0.4 is 0 Å². The van der Waals surface area contributed by atoms with E-state index >= 15 is 0 Å². The number of halogens is 2. The Balaban J connectivity index is 1.74. The zero-order valence-corrected chi connectivity index (χ0v) is 17.5. The molecule has 2 heterocycles. The van der Waals surface area contributed by atoms with Crippen LogP contribution in [0.5, 0.6) is 0 Å². The lowest BCUT2D eigenvalue weighted by molar-refractivity contribution is -0.152. The van der Waals surface area contributed by atoms with E-state index in [1.807, 2.05) is 24.0 Å². The van der Waals surface area contributed by atoms with E-state index in [1.54, 1.807) is 21.0 Å². The second-order valence-electron chi connectivity index (χ2n) is 8.20. The lowest BCUT2D eigenvalue weighted by atomic mass is 9.90. The first-order valence-corrected chi connectivity index (χ1v) is 9.96. The summed E-state index contributed by atoms with van der Waals surface area (Å²) in [4.78, 5) is 19.1. The Hall–Kier alpha value is -2.34. The van der Waals surface area contributed by atoms with Gasteiger partial charge < -0.3 is 9.64 Å². The normalized spacial score (nSPS) is 15.6. The van der Waals surface area contributed by atoms with E-state index in [9.17, 15) is 13.6 Å². The molecule has 1 fully saturated rings. The number of piperidine rings is 1. The fraction of sp³-hybridized carbons (Fsp3) is 0.478. The summed E-state index contributed by atoms with van der Waals surface area (Å²) < 4.78 is 33.4. The minimum absolute atomic E-state index is 0.00799. The predicted octanol–water partition coefficient (Wildman–Crippen LogP) is 4.39. The molecule has 0 N–H and O–H groups in total. The Morgan fingerprint density at radius 2 is 1.83 bits per heavy atom. The molecule has 6 heteroatoms. The third kappa shape index (κ3) is 4.81. The maximum atomic E-state index is 14.0. The van der Waals surface area contributed by atoms with Crippen molar-refractivity contribution in [1.29, 1.82) is 0 Å². The van der Waals surface area contributed by atoms with Crippen LogP contribution >= 0.6 is 0 Å². The number of hydrogen-bond acceptors (Lipinski definition) is 3. The minimum atomic E-state index is -0.828. The van der Waals surface area contributed by atoms with Gasteiger partial charge in [0.05, 0.1) is 0 Å². The number of carbonyl (C=O) groups excluding carboxylic acids is 1. The third-order valence-electron chi connectivity index (χ3n) is 5.70. The summed E-state index contributed by atoms with van der Waals surface area (Å²) in [6.45, 7) is 6.73. The second kappa shape index (κ2) is 8.57. The van der Waals surface area contributed by atoms with Gasteiger partial charge in [-0.25, -0.2) is 8.78 Å². The van der Waals surface area contributed by atoms with Crippen molar-refractivity contribution in [2.45, 2.75) is 51.6 Å². The predicted molar refractivity (Wildman–Crippen MR) is 108 cm³/mol. The number of amides is 1. The largest absolute Gasteiger partial charge is 0.369 e. The van der Waals surface area contributed by atoms with Gasteiger partial charge in [-0.2, -0.15) is 0 Å². The van der Waals surface area contributed by atoms with Gasteiger partial charge in [-0.05, 0) is 63.4 Å². The Kier molecular flexibility index (Phi) is 6.32. The standard InChI is InChI=1S/C23H28F2N2O2/c1-15-12-16(13-18-19(24)6-5-7-20(18)25)14-21(26-15)17-8-10-27(11-9-17)22(28)23(2,3)29-4/h5-7,12,14,17H,8-11,13H2,1-4H3. The maximum Gasteiger partial charge on any atom is 0.254 e. The van der Waals surface area contributed by atoms with E-state index in [1.165, 1.54) is 18.2 Å². The average molecular weight is 402 g/mol. The van der Waals surface area contributed by atoms with Crippen molar-refractivity contribution < 1.29 is 18.3 Å². The zero-order chi connectivity index (χ0) is 21.2. The number of nitrogens with zero attached hydrogens (tertiary/aromatic N) is 2. The van der Waals surface area contributed by atoms with Crippen LogP contribution in [-0.4, -0.2) is 41.6 Å². The van der Waals surface area contributed by atoms with Crippen molar-refractivity contribution >= 4 is 5.91 Å². The molecule has 0 aliphatic carbocycles. The van der Waals surface area contributed by atoms with Gasteiger partial charge in [-0.3, -0.25) is 9.78 Å². The van der Waals surface area contributed by atoms with Crippen LogP contribution in [0.15, 0.2) is 30.3 Å². The van der Waals surface area contributed by atoms with Crippen LogP contribution in [-0.2, 0) is 16.0 Å². The molecule has 3 rings (SSSR count). The van der Waals surface area contributed by atoms with Crippen LogP contribution in [0.3, 0.4) is 0 Å². The number of hydrogen-bond donors (Lipinski definition) is 0. The summed E-state index contributed by atoms with van der Waals surface area (Å²) in [6, 6.07) is 7.75. The maximum absolute atomic E-state index is 14.0. The number of rotatable bonds is 5. The van der Waals surface area contributed by atoms with Gasteiger partial charge in [0.1, 0.15) is 17.2 Å². The van der Waals surface area contributed by atoms with Gasteiger partial charge in [-0.1, -0.05) is 6.07 Å². The van der Waals surface area contributed by atoms with Crippen LogP contribution in [0, 0.1) is 18.6 Å². The number of benzene rings is 1. The second-order valence-corrected chi connectivity index (χ2v) is 8.20. The highest BCUT2D eigenvalue weighted by Crippen LogP contribution is 2.30. The lowest BCUT2D eigenvalue weighted by Crippen LogP contribution is -2.49. The highest BCUT2D eigenvalue weighted by molar-refractivity contribution is 5.84. The molecule has 0 atom stereocenters. The molecule has 0 bridgehead atoms. The molecule has 1 aromatic carbocycles. The molecule has 1 aliphatic rings. The number of aryl methyl sites for hydroxylation is 1. The fourth-order valence-corrected chi connectivity index (χ4v) is 3.83. The summed E-state index contributed by atoms with van der Waals surface area (Å²) in [6.07, 6.45) is 1.79. The highest BCUT2D eigenvalue weighted by Gasteiger charge is 2.34. The SMILES string of the molecule is COC(C)(C)C(=O)N1CCC(c2cc(Cc3c(F)cccc3F)cc(C)n2)CC1. The average Bonchev–Trinajstić information content (AvgIpc) is 2.70. The van der Waals surface area contributed by atoms with Crippen molar-refractivity contribution in [3.05, 3.63) is 64.5 Å². The summed E-state index contributed by atoms with van der Waals surface area (Å²) in [5.41, 5.74) is 1.84.